The van der Waals surface area contributed by atoms with Gasteiger partial charge in [-0.25, -0.2) is 13.9 Å². The minimum Gasteiger partial charge on any atom is -0.305 e. The molecule has 0 amide bonds. The quantitative estimate of drug-likeness (QED) is 0.423. The Morgan fingerprint density at radius 3 is 2.44 bits per heavy atom. The summed E-state index contributed by atoms with van der Waals surface area (Å²) >= 11 is 0. The van der Waals surface area contributed by atoms with Crippen molar-refractivity contribution in [2.45, 2.75) is 0 Å². The fraction of sp³-hybridized carbons (Fsp3) is 1.00. The molecule has 9 heavy (non-hydrogen) atoms. The van der Waals surface area contributed by atoms with Crippen molar-refractivity contribution >= 4 is 9.84 Å². The van der Waals surface area contributed by atoms with Crippen LogP contribution in [0.4, 0.5) is 0 Å². The van der Waals surface area contributed by atoms with Crippen molar-refractivity contribution in [1.82, 2.24) is 5.48 Å². The number of rotatable bonds is 4. The Kier molecular flexibility index (Phi) is 3.76. The van der Waals surface area contributed by atoms with Gasteiger partial charge >= 0.3 is 0 Å². The third kappa shape index (κ3) is 7.87. The maximum Gasteiger partial charge on any atom is 0.148 e. The Morgan fingerprint density at radius 2 is 2.11 bits per heavy atom. The maximum atomic E-state index is 10.4. The van der Waals surface area contributed by atoms with Gasteiger partial charge in [0.2, 0.25) is 0 Å². The van der Waals surface area contributed by atoms with Crippen LogP contribution >= 0.6 is 0 Å². The van der Waals surface area contributed by atoms with Gasteiger partial charge in [0, 0.05) is 12.8 Å². The third-order valence-electron chi connectivity index (χ3n) is 0.719. The number of hydroxylamine groups is 1. The molecule has 0 bridgehead atoms. The summed E-state index contributed by atoms with van der Waals surface area (Å²) in [6.45, 7) is 0.343. The molecule has 0 aromatic carbocycles. The highest BCUT2D eigenvalue weighted by molar-refractivity contribution is 7.90. The summed E-state index contributed by atoms with van der Waals surface area (Å²) in [6.07, 6.45) is 1.18. The predicted octanol–water partition coefficient (Wildman–Crippen LogP) is -0.818. The molecule has 0 saturated heterocycles. The monoisotopic (exact) mass is 153 g/mol. The van der Waals surface area contributed by atoms with Crippen LogP contribution in [0.25, 0.3) is 0 Å². The number of hydrogen-bond donors (Lipinski definition) is 1. The van der Waals surface area contributed by atoms with Crippen molar-refractivity contribution in [1.29, 1.82) is 0 Å². The summed E-state index contributed by atoms with van der Waals surface area (Å²) in [5.41, 5.74) is 2.43. The van der Waals surface area contributed by atoms with Crippen LogP contribution in [0.15, 0.2) is 0 Å². The van der Waals surface area contributed by atoms with Crippen LogP contribution in [0.3, 0.4) is 0 Å². The molecule has 1 N–H and O–H groups in total. The van der Waals surface area contributed by atoms with E-state index in [2.05, 4.69) is 10.3 Å². The van der Waals surface area contributed by atoms with Crippen molar-refractivity contribution in [3.8, 4) is 0 Å². The predicted molar refractivity (Wildman–Crippen MR) is 34.7 cm³/mol. The summed E-state index contributed by atoms with van der Waals surface area (Å²) in [7, 11) is -1.39. The molecule has 0 radical (unpaired) electrons. The highest BCUT2D eigenvalue weighted by Gasteiger charge is 1.98. The van der Waals surface area contributed by atoms with Crippen molar-refractivity contribution in [3.63, 3.8) is 0 Å². The zero-order valence-electron chi connectivity index (χ0n) is 5.55. The maximum absolute atomic E-state index is 10.4. The van der Waals surface area contributed by atoms with Crippen LogP contribution in [0.2, 0.25) is 0 Å². The van der Waals surface area contributed by atoms with Crippen LogP contribution in [0, 0.1) is 0 Å². The molecule has 0 unspecified atom stereocenters. The van der Waals surface area contributed by atoms with E-state index in [1.54, 1.807) is 0 Å². The van der Waals surface area contributed by atoms with Crippen LogP contribution in [0.1, 0.15) is 0 Å². The number of hydrogen-bond acceptors (Lipinski definition) is 4. The lowest BCUT2D eigenvalue weighted by Crippen LogP contribution is -2.20. The van der Waals surface area contributed by atoms with Gasteiger partial charge in [-0.15, -0.1) is 0 Å². The minimum absolute atomic E-state index is 0.112. The van der Waals surface area contributed by atoms with Gasteiger partial charge in [0.05, 0.1) is 12.9 Å². The van der Waals surface area contributed by atoms with E-state index < -0.39 is 9.84 Å². The second-order valence-electron chi connectivity index (χ2n) is 1.73. The van der Waals surface area contributed by atoms with E-state index in [0.717, 1.165) is 0 Å². The molecular weight excluding hydrogens is 142 g/mol. The first kappa shape index (κ1) is 8.87. The van der Waals surface area contributed by atoms with Crippen LogP contribution in [0.5, 0.6) is 0 Å². The lowest BCUT2D eigenvalue weighted by Gasteiger charge is -1.97. The van der Waals surface area contributed by atoms with E-state index in [0.29, 0.717) is 6.54 Å². The topological polar surface area (TPSA) is 55.4 Å². The molecule has 4 nitrogen and oxygen atoms in total. The van der Waals surface area contributed by atoms with Crippen molar-refractivity contribution in [2.75, 3.05) is 25.7 Å². The van der Waals surface area contributed by atoms with Gasteiger partial charge in [-0.05, 0) is 0 Å². The average molecular weight is 153 g/mol. The van der Waals surface area contributed by atoms with Gasteiger partial charge in [-0.2, -0.15) is 0 Å². The third-order valence-corrected chi connectivity index (χ3v) is 1.66. The summed E-state index contributed by atoms with van der Waals surface area (Å²) in [6, 6.07) is 0. The first-order valence-electron chi connectivity index (χ1n) is 2.50. The summed E-state index contributed by atoms with van der Waals surface area (Å²) in [5.74, 6) is 0.112. The molecule has 0 atom stereocenters. The van der Waals surface area contributed by atoms with E-state index in [-0.39, 0.29) is 5.75 Å². The van der Waals surface area contributed by atoms with E-state index in [1.807, 2.05) is 0 Å². The lowest BCUT2D eigenvalue weighted by molar-refractivity contribution is 0.0967. The first-order valence-corrected chi connectivity index (χ1v) is 4.56. The normalized spacial score (nSPS) is 11.8. The smallest absolute Gasteiger partial charge is 0.148 e. The van der Waals surface area contributed by atoms with E-state index in [1.165, 1.54) is 13.4 Å². The molecule has 0 aromatic rings. The Balaban J connectivity index is 3.30. The number of sulfone groups is 1. The molecule has 0 heterocycles. The fourth-order valence-corrected chi connectivity index (χ4v) is 0.783. The SMILES string of the molecule is CONCCS(C)(=O)=O. The van der Waals surface area contributed by atoms with Gasteiger partial charge in [0.25, 0.3) is 0 Å². The fourth-order valence-electron chi connectivity index (χ4n) is 0.329. The van der Waals surface area contributed by atoms with Crippen molar-refractivity contribution in [3.05, 3.63) is 0 Å². The Hall–Kier alpha value is -0.130. The second-order valence-corrected chi connectivity index (χ2v) is 3.99. The summed E-state index contributed by atoms with van der Waals surface area (Å²) in [5, 5.41) is 0. The van der Waals surface area contributed by atoms with E-state index >= 15 is 0 Å². The highest BCUT2D eigenvalue weighted by atomic mass is 32.2. The minimum atomic E-state index is -2.84. The molecule has 0 aliphatic rings. The molecule has 0 saturated carbocycles. The van der Waals surface area contributed by atoms with E-state index in [4.69, 9.17) is 0 Å². The van der Waals surface area contributed by atoms with Crippen LogP contribution in [-0.2, 0) is 14.7 Å². The standard InChI is InChI=1S/C4H11NO3S/c1-8-5-3-4-9(2,6)7/h5H,3-4H2,1-2H3. The van der Waals surface area contributed by atoms with Gasteiger partial charge in [0.15, 0.2) is 0 Å². The average Bonchev–Trinajstić information content (AvgIpc) is 1.63. The van der Waals surface area contributed by atoms with Gasteiger partial charge < -0.3 is 4.84 Å². The first-order chi connectivity index (χ1) is 4.06. The Labute approximate surface area is 55.1 Å². The van der Waals surface area contributed by atoms with Crippen molar-refractivity contribution in [2.24, 2.45) is 0 Å². The zero-order chi connectivity index (χ0) is 7.33. The molecule has 0 fully saturated rings. The van der Waals surface area contributed by atoms with Crippen LogP contribution in [-0.4, -0.2) is 34.1 Å². The molecule has 0 aliphatic heterocycles. The zero-order valence-corrected chi connectivity index (χ0v) is 6.36. The van der Waals surface area contributed by atoms with E-state index in [9.17, 15) is 8.42 Å². The largest absolute Gasteiger partial charge is 0.305 e. The van der Waals surface area contributed by atoms with Gasteiger partial charge in [-0.3, -0.25) is 0 Å². The summed E-state index contributed by atoms with van der Waals surface area (Å²) < 4.78 is 20.8. The van der Waals surface area contributed by atoms with Gasteiger partial charge in [-0.1, -0.05) is 0 Å². The van der Waals surface area contributed by atoms with Crippen LogP contribution < -0.4 is 5.48 Å². The molecule has 0 rings (SSSR count). The van der Waals surface area contributed by atoms with Crippen molar-refractivity contribution < 1.29 is 13.3 Å². The molecular formula is C4H11NO3S. The highest BCUT2D eigenvalue weighted by Crippen LogP contribution is 1.78. The molecule has 5 heteroatoms. The summed E-state index contributed by atoms with van der Waals surface area (Å²) in [4.78, 5) is 4.42. The molecule has 0 aliphatic carbocycles. The molecule has 56 valence electrons. The second kappa shape index (κ2) is 3.81. The molecule has 0 spiro atoms. The number of nitrogens with one attached hydrogen (secondary N) is 1. The Bertz CT molecular complexity index is 151. The molecule has 0 aromatic heterocycles. The Morgan fingerprint density at radius 1 is 1.56 bits per heavy atom. The lowest BCUT2D eigenvalue weighted by atomic mass is 10.8. The van der Waals surface area contributed by atoms with Gasteiger partial charge in [0.1, 0.15) is 9.84 Å².